The zero-order valence-corrected chi connectivity index (χ0v) is 12.6. The Morgan fingerprint density at radius 1 is 1.58 bits per heavy atom. The molecule has 1 fully saturated rings. The Bertz CT molecular complexity index is 470. The molecule has 0 amide bonds. The van der Waals surface area contributed by atoms with Gasteiger partial charge >= 0.3 is 0 Å². The molecule has 102 valence electrons. The number of halogens is 1. The average molecular weight is 324 g/mol. The third kappa shape index (κ3) is 3.97. The third-order valence-corrected chi connectivity index (χ3v) is 3.76. The van der Waals surface area contributed by atoms with Gasteiger partial charge in [0.15, 0.2) is 0 Å². The maximum Gasteiger partial charge on any atom is 0.148 e. The van der Waals surface area contributed by atoms with Crippen molar-refractivity contribution in [3.8, 4) is 18.1 Å². The van der Waals surface area contributed by atoms with Gasteiger partial charge in [0.2, 0.25) is 0 Å². The fourth-order valence-corrected chi connectivity index (χ4v) is 2.60. The molecule has 4 heteroatoms. The van der Waals surface area contributed by atoms with Crippen molar-refractivity contribution < 1.29 is 9.47 Å². The third-order valence-electron chi connectivity index (χ3n) is 3.26. The first-order valence-corrected chi connectivity index (χ1v) is 7.19. The van der Waals surface area contributed by atoms with Gasteiger partial charge in [0.05, 0.1) is 6.10 Å². The van der Waals surface area contributed by atoms with E-state index >= 15 is 0 Å². The molecule has 1 aliphatic heterocycles. The summed E-state index contributed by atoms with van der Waals surface area (Å²) in [6, 6.07) is 6.35. The van der Waals surface area contributed by atoms with Crippen LogP contribution in [0.4, 0.5) is 0 Å². The van der Waals surface area contributed by atoms with Gasteiger partial charge in [-0.05, 0) is 31.5 Å². The molecule has 19 heavy (non-hydrogen) atoms. The molecule has 1 heterocycles. The predicted octanol–water partition coefficient (Wildman–Crippen LogP) is 2.73. The molecular weight excluding hydrogens is 306 g/mol. The highest BCUT2D eigenvalue weighted by atomic mass is 79.9. The Hall–Kier alpha value is -1.02. The molecule has 2 atom stereocenters. The van der Waals surface area contributed by atoms with Gasteiger partial charge in [0, 0.05) is 29.2 Å². The number of hydrogen-bond donors (Lipinski definition) is 1. The second-order valence-corrected chi connectivity index (χ2v) is 5.51. The maximum atomic E-state index is 5.56. The van der Waals surface area contributed by atoms with Crippen LogP contribution >= 0.6 is 15.9 Å². The summed E-state index contributed by atoms with van der Waals surface area (Å²) in [6.07, 6.45) is 6.55. The molecule has 1 N–H and O–H groups in total. The Kier molecular flexibility index (Phi) is 5.26. The van der Waals surface area contributed by atoms with Crippen LogP contribution in [0.25, 0.3) is 0 Å². The molecule has 0 radical (unpaired) electrons. The standard InChI is InChI=1S/C15H18BrNO2/c1-3-7-19-15-5-4-13(16)9-12(15)10-17-14-6-8-18-11(14)2/h1,4-5,9,11,14,17H,6-8,10H2,2H3. The summed E-state index contributed by atoms with van der Waals surface area (Å²) in [4.78, 5) is 0. The second-order valence-electron chi connectivity index (χ2n) is 4.60. The minimum atomic E-state index is 0.266. The lowest BCUT2D eigenvalue weighted by molar-refractivity contribution is 0.113. The van der Waals surface area contributed by atoms with Crippen molar-refractivity contribution in [2.75, 3.05) is 13.2 Å². The number of rotatable bonds is 5. The van der Waals surface area contributed by atoms with E-state index in [-0.39, 0.29) is 12.7 Å². The molecule has 2 unspecified atom stereocenters. The van der Waals surface area contributed by atoms with Crippen LogP contribution < -0.4 is 10.1 Å². The summed E-state index contributed by atoms with van der Waals surface area (Å²) in [5.41, 5.74) is 1.10. The van der Waals surface area contributed by atoms with E-state index in [0.29, 0.717) is 6.04 Å². The molecule has 1 aromatic rings. The van der Waals surface area contributed by atoms with Crippen molar-refractivity contribution in [2.24, 2.45) is 0 Å². The molecule has 2 rings (SSSR count). The molecule has 1 aromatic carbocycles. The summed E-state index contributed by atoms with van der Waals surface area (Å²) >= 11 is 3.48. The average Bonchev–Trinajstić information content (AvgIpc) is 2.81. The fraction of sp³-hybridized carbons (Fsp3) is 0.467. The number of benzene rings is 1. The molecule has 3 nitrogen and oxygen atoms in total. The number of ether oxygens (including phenoxy) is 2. The van der Waals surface area contributed by atoms with Crippen molar-refractivity contribution in [3.05, 3.63) is 28.2 Å². The van der Waals surface area contributed by atoms with E-state index < -0.39 is 0 Å². The van der Waals surface area contributed by atoms with Gasteiger partial charge in [-0.3, -0.25) is 0 Å². The zero-order chi connectivity index (χ0) is 13.7. The lowest BCUT2D eigenvalue weighted by atomic mass is 10.1. The van der Waals surface area contributed by atoms with Crippen LogP contribution in [0.3, 0.4) is 0 Å². The molecule has 0 aliphatic carbocycles. The number of hydrogen-bond acceptors (Lipinski definition) is 3. The summed E-state index contributed by atoms with van der Waals surface area (Å²) < 4.78 is 12.1. The largest absolute Gasteiger partial charge is 0.481 e. The van der Waals surface area contributed by atoms with E-state index in [2.05, 4.69) is 40.2 Å². The molecular formula is C15H18BrNO2. The van der Waals surface area contributed by atoms with Gasteiger partial charge in [-0.25, -0.2) is 0 Å². The van der Waals surface area contributed by atoms with Crippen LogP contribution in [0.5, 0.6) is 5.75 Å². The van der Waals surface area contributed by atoms with E-state index in [9.17, 15) is 0 Å². The quantitative estimate of drug-likeness (QED) is 0.845. The molecule has 1 saturated heterocycles. The van der Waals surface area contributed by atoms with Crippen molar-refractivity contribution in [3.63, 3.8) is 0 Å². The highest BCUT2D eigenvalue weighted by Gasteiger charge is 2.23. The van der Waals surface area contributed by atoms with E-state index in [1.807, 2.05) is 12.1 Å². The van der Waals surface area contributed by atoms with Crippen molar-refractivity contribution in [1.29, 1.82) is 0 Å². The highest BCUT2D eigenvalue weighted by molar-refractivity contribution is 9.10. The smallest absolute Gasteiger partial charge is 0.148 e. The number of terminal acetylenes is 1. The summed E-state index contributed by atoms with van der Waals surface area (Å²) in [5, 5.41) is 3.51. The van der Waals surface area contributed by atoms with Crippen molar-refractivity contribution >= 4 is 15.9 Å². The van der Waals surface area contributed by atoms with Gasteiger partial charge in [-0.15, -0.1) is 6.42 Å². The van der Waals surface area contributed by atoms with E-state index in [1.54, 1.807) is 0 Å². The SMILES string of the molecule is C#CCOc1ccc(Br)cc1CNC1CCOC1C. The first-order chi connectivity index (χ1) is 9.20. The van der Waals surface area contributed by atoms with Crippen LogP contribution in [0.15, 0.2) is 22.7 Å². The topological polar surface area (TPSA) is 30.5 Å². The molecule has 0 bridgehead atoms. The molecule has 0 saturated carbocycles. The predicted molar refractivity (Wildman–Crippen MR) is 79.1 cm³/mol. The Morgan fingerprint density at radius 2 is 2.42 bits per heavy atom. The monoisotopic (exact) mass is 323 g/mol. The van der Waals surface area contributed by atoms with Gasteiger partial charge in [-0.1, -0.05) is 21.9 Å². The maximum absolute atomic E-state index is 5.56. The van der Waals surface area contributed by atoms with Crippen LogP contribution in [-0.4, -0.2) is 25.4 Å². The summed E-state index contributed by atoms with van der Waals surface area (Å²) in [7, 11) is 0. The molecule has 0 aromatic heterocycles. The Labute approximate surface area is 122 Å². The van der Waals surface area contributed by atoms with Crippen molar-refractivity contribution in [1.82, 2.24) is 5.32 Å². The fourth-order valence-electron chi connectivity index (χ4n) is 2.19. The Balaban J connectivity index is 2.01. The van der Waals surface area contributed by atoms with E-state index in [1.165, 1.54) is 0 Å². The van der Waals surface area contributed by atoms with E-state index in [0.717, 1.165) is 35.4 Å². The first kappa shape index (κ1) is 14.4. The normalized spacial score (nSPS) is 22.2. The minimum absolute atomic E-state index is 0.266. The van der Waals surface area contributed by atoms with Gasteiger partial charge in [0.25, 0.3) is 0 Å². The lowest BCUT2D eigenvalue weighted by Crippen LogP contribution is -2.34. The second kappa shape index (κ2) is 6.95. The van der Waals surface area contributed by atoms with Crippen LogP contribution in [0.2, 0.25) is 0 Å². The van der Waals surface area contributed by atoms with Crippen LogP contribution in [0, 0.1) is 12.3 Å². The first-order valence-electron chi connectivity index (χ1n) is 6.40. The Morgan fingerprint density at radius 3 is 3.11 bits per heavy atom. The minimum Gasteiger partial charge on any atom is -0.481 e. The van der Waals surface area contributed by atoms with Gasteiger partial charge < -0.3 is 14.8 Å². The van der Waals surface area contributed by atoms with Crippen molar-refractivity contribution in [2.45, 2.75) is 32.0 Å². The molecule has 0 spiro atoms. The van der Waals surface area contributed by atoms with Gasteiger partial charge in [0.1, 0.15) is 12.4 Å². The number of nitrogens with one attached hydrogen (secondary N) is 1. The van der Waals surface area contributed by atoms with E-state index in [4.69, 9.17) is 15.9 Å². The van der Waals surface area contributed by atoms with Gasteiger partial charge in [-0.2, -0.15) is 0 Å². The summed E-state index contributed by atoms with van der Waals surface area (Å²) in [5.74, 6) is 3.32. The lowest BCUT2D eigenvalue weighted by Gasteiger charge is -2.17. The van der Waals surface area contributed by atoms with Crippen LogP contribution in [-0.2, 0) is 11.3 Å². The summed E-state index contributed by atoms with van der Waals surface area (Å²) in [6.45, 7) is 3.97. The zero-order valence-electron chi connectivity index (χ0n) is 11.0. The molecule has 1 aliphatic rings. The highest BCUT2D eigenvalue weighted by Crippen LogP contribution is 2.24. The van der Waals surface area contributed by atoms with Crippen LogP contribution in [0.1, 0.15) is 18.9 Å².